The standard InChI is InChI=1S/C30H29N3O2S/c1-19-10-12-21(13-11-19)28(36)30-33-26(24-8-4-5-9-27(24)35-30)18-25(32-33)20-14-16-22(17-15-20)29(34)31-23-6-2-3-7-23/h4-5,8-17,23,26,30H,2-3,6-7,18H2,1H3,(H,31,34). The van der Waals surface area contributed by atoms with E-state index in [2.05, 4.69) is 30.4 Å². The van der Waals surface area contributed by atoms with Crippen LogP contribution in [0.5, 0.6) is 5.75 Å². The maximum atomic E-state index is 12.7. The molecule has 0 aromatic heterocycles. The fraction of sp³-hybridized carbons (Fsp3) is 0.300. The highest BCUT2D eigenvalue weighted by Gasteiger charge is 2.42. The number of hydrogen-bond donors (Lipinski definition) is 1. The molecular weight excluding hydrogens is 466 g/mol. The summed E-state index contributed by atoms with van der Waals surface area (Å²) < 4.78 is 6.42. The minimum Gasteiger partial charge on any atom is -0.463 e. The molecular formula is C30H29N3O2S. The van der Waals surface area contributed by atoms with E-state index < -0.39 is 6.23 Å². The number of carbonyl (C=O) groups is 1. The van der Waals surface area contributed by atoms with Gasteiger partial charge < -0.3 is 10.1 Å². The van der Waals surface area contributed by atoms with Gasteiger partial charge in [0.05, 0.1) is 16.6 Å². The molecule has 0 spiro atoms. The molecule has 2 heterocycles. The number of carbonyl (C=O) groups excluding carboxylic acids is 1. The van der Waals surface area contributed by atoms with Gasteiger partial charge in [0.25, 0.3) is 5.91 Å². The Kier molecular flexibility index (Phi) is 6.05. The minimum atomic E-state index is -0.462. The van der Waals surface area contributed by atoms with Crippen molar-refractivity contribution < 1.29 is 9.53 Å². The maximum absolute atomic E-state index is 12.7. The number of benzene rings is 3. The summed E-state index contributed by atoms with van der Waals surface area (Å²) in [7, 11) is 0. The summed E-state index contributed by atoms with van der Waals surface area (Å²) in [6, 6.07) is 24.5. The van der Waals surface area contributed by atoms with Crippen molar-refractivity contribution in [1.29, 1.82) is 0 Å². The topological polar surface area (TPSA) is 53.9 Å². The summed E-state index contributed by atoms with van der Waals surface area (Å²) in [6.45, 7) is 2.07. The maximum Gasteiger partial charge on any atom is 0.251 e. The molecule has 1 aliphatic carbocycles. The van der Waals surface area contributed by atoms with Crippen LogP contribution in [0.4, 0.5) is 0 Å². The molecule has 1 fully saturated rings. The fourth-order valence-corrected chi connectivity index (χ4v) is 5.69. The molecule has 3 aliphatic rings. The number of amides is 1. The quantitative estimate of drug-likeness (QED) is 0.351. The van der Waals surface area contributed by atoms with Gasteiger partial charge in [-0.3, -0.25) is 4.79 Å². The number of para-hydroxylation sites is 1. The van der Waals surface area contributed by atoms with Crippen molar-refractivity contribution >= 4 is 28.7 Å². The van der Waals surface area contributed by atoms with Crippen molar-refractivity contribution in [2.24, 2.45) is 5.10 Å². The molecule has 2 aliphatic heterocycles. The van der Waals surface area contributed by atoms with E-state index in [1.54, 1.807) is 0 Å². The third-order valence-electron chi connectivity index (χ3n) is 7.43. The Bertz CT molecular complexity index is 1330. The molecule has 182 valence electrons. The molecule has 1 saturated carbocycles. The molecule has 3 aromatic carbocycles. The fourth-order valence-electron chi connectivity index (χ4n) is 5.39. The lowest BCUT2D eigenvalue weighted by atomic mass is 9.95. The van der Waals surface area contributed by atoms with E-state index in [0.717, 1.165) is 52.3 Å². The van der Waals surface area contributed by atoms with Crippen molar-refractivity contribution in [3.8, 4) is 5.75 Å². The van der Waals surface area contributed by atoms with E-state index >= 15 is 0 Å². The number of nitrogens with one attached hydrogen (secondary N) is 1. The summed E-state index contributed by atoms with van der Waals surface area (Å²) in [6.07, 6.45) is 4.84. The first kappa shape index (κ1) is 22.9. The first-order valence-electron chi connectivity index (χ1n) is 12.7. The first-order chi connectivity index (χ1) is 17.6. The zero-order chi connectivity index (χ0) is 24.6. The van der Waals surface area contributed by atoms with E-state index in [0.29, 0.717) is 11.6 Å². The van der Waals surface area contributed by atoms with E-state index in [-0.39, 0.29) is 11.9 Å². The predicted molar refractivity (Wildman–Crippen MR) is 146 cm³/mol. The van der Waals surface area contributed by atoms with Gasteiger partial charge in [0, 0.05) is 23.6 Å². The highest BCUT2D eigenvalue weighted by Crippen LogP contribution is 2.43. The molecule has 2 atom stereocenters. The molecule has 36 heavy (non-hydrogen) atoms. The second-order valence-corrected chi connectivity index (χ2v) is 10.4. The van der Waals surface area contributed by atoms with Gasteiger partial charge in [-0.15, -0.1) is 0 Å². The number of rotatable bonds is 5. The summed E-state index contributed by atoms with van der Waals surface area (Å²) in [5.74, 6) is 0.860. The highest BCUT2D eigenvalue weighted by atomic mass is 32.1. The third-order valence-corrected chi connectivity index (χ3v) is 7.87. The minimum absolute atomic E-state index is 0.00469. The van der Waals surface area contributed by atoms with Crippen LogP contribution in [0, 0.1) is 6.92 Å². The van der Waals surface area contributed by atoms with Crippen LogP contribution in [-0.2, 0) is 0 Å². The predicted octanol–water partition coefficient (Wildman–Crippen LogP) is 5.96. The second-order valence-electron chi connectivity index (χ2n) is 9.92. The zero-order valence-corrected chi connectivity index (χ0v) is 21.1. The molecule has 0 radical (unpaired) electrons. The van der Waals surface area contributed by atoms with Gasteiger partial charge >= 0.3 is 0 Å². The van der Waals surface area contributed by atoms with Gasteiger partial charge in [0.15, 0.2) is 0 Å². The summed E-state index contributed by atoms with van der Waals surface area (Å²) in [5, 5.41) is 10.2. The van der Waals surface area contributed by atoms with Gasteiger partial charge in [-0.05, 0) is 49.1 Å². The Hall–Kier alpha value is -3.51. The Morgan fingerprint density at radius 2 is 1.67 bits per heavy atom. The smallest absolute Gasteiger partial charge is 0.251 e. The van der Waals surface area contributed by atoms with Crippen LogP contribution in [-0.4, -0.2) is 33.8 Å². The largest absolute Gasteiger partial charge is 0.463 e. The van der Waals surface area contributed by atoms with E-state index in [1.807, 2.05) is 59.6 Å². The second kappa shape index (κ2) is 9.51. The normalized spacial score (nSPS) is 20.8. The average Bonchev–Trinajstić information content (AvgIpc) is 3.59. The average molecular weight is 496 g/mol. The van der Waals surface area contributed by atoms with E-state index in [9.17, 15) is 4.79 Å². The molecule has 6 rings (SSSR count). The van der Waals surface area contributed by atoms with Crippen LogP contribution < -0.4 is 10.1 Å². The lowest BCUT2D eigenvalue weighted by Crippen LogP contribution is -2.45. The summed E-state index contributed by atoms with van der Waals surface area (Å²) >= 11 is 5.92. The Labute approximate surface area is 217 Å². The van der Waals surface area contributed by atoms with Crippen molar-refractivity contribution in [2.75, 3.05) is 0 Å². The number of aryl methyl sites for hydroxylation is 1. The third kappa shape index (κ3) is 4.30. The van der Waals surface area contributed by atoms with Gasteiger partial charge in [0.1, 0.15) is 5.75 Å². The molecule has 1 N–H and O–H groups in total. The van der Waals surface area contributed by atoms with Crippen molar-refractivity contribution in [2.45, 2.75) is 57.3 Å². The lowest BCUT2D eigenvalue weighted by Gasteiger charge is -2.38. The number of nitrogens with zero attached hydrogens (tertiary/aromatic N) is 2. The number of ether oxygens (including phenoxy) is 1. The van der Waals surface area contributed by atoms with Gasteiger partial charge in [-0.1, -0.05) is 85.2 Å². The molecule has 6 heteroatoms. The lowest BCUT2D eigenvalue weighted by molar-refractivity contribution is 0.0327. The van der Waals surface area contributed by atoms with Crippen molar-refractivity contribution in [3.05, 3.63) is 101 Å². The van der Waals surface area contributed by atoms with Gasteiger partial charge in [-0.2, -0.15) is 5.10 Å². The molecule has 2 unspecified atom stereocenters. The SMILES string of the molecule is Cc1ccc(C(=S)C2Oc3ccccc3C3CC(c4ccc(C(=O)NC5CCCC5)cc4)=NN23)cc1. The molecule has 0 bridgehead atoms. The van der Waals surface area contributed by atoms with Gasteiger partial charge in [0.2, 0.25) is 6.23 Å². The van der Waals surface area contributed by atoms with Crippen LogP contribution in [0.25, 0.3) is 0 Å². The number of fused-ring (bicyclic) bond motifs is 3. The monoisotopic (exact) mass is 495 g/mol. The molecule has 1 amide bonds. The first-order valence-corrected chi connectivity index (χ1v) is 13.1. The van der Waals surface area contributed by atoms with Crippen LogP contribution in [0.1, 0.15) is 70.8 Å². The van der Waals surface area contributed by atoms with Crippen molar-refractivity contribution in [3.63, 3.8) is 0 Å². The Morgan fingerprint density at radius 3 is 2.42 bits per heavy atom. The molecule has 0 saturated heterocycles. The summed E-state index contributed by atoms with van der Waals surface area (Å²) in [4.78, 5) is 13.4. The van der Waals surface area contributed by atoms with Crippen LogP contribution in [0.2, 0.25) is 0 Å². The van der Waals surface area contributed by atoms with Crippen LogP contribution in [0.15, 0.2) is 77.9 Å². The van der Waals surface area contributed by atoms with Gasteiger partial charge in [-0.25, -0.2) is 5.01 Å². The van der Waals surface area contributed by atoms with Crippen LogP contribution in [0.3, 0.4) is 0 Å². The number of hydrazone groups is 1. The van der Waals surface area contributed by atoms with E-state index in [1.165, 1.54) is 18.4 Å². The van der Waals surface area contributed by atoms with E-state index in [4.69, 9.17) is 22.1 Å². The highest BCUT2D eigenvalue weighted by molar-refractivity contribution is 7.81. The van der Waals surface area contributed by atoms with Crippen molar-refractivity contribution in [1.82, 2.24) is 10.3 Å². The van der Waals surface area contributed by atoms with Crippen LogP contribution >= 0.6 is 12.2 Å². The Balaban J connectivity index is 1.27. The zero-order valence-electron chi connectivity index (χ0n) is 20.3. The number of hydrogen-bond acceptors (Lipinski definition) is 5. The molecule has 3 aromatic rings. The Morgan fingerprint density at radius 1 is 0.972 bits per heavy atom. The summed E-state index contributed by atoms with van der Waals surface area (Å²) in [5.41, 5.74) is 5.95. The molecule has 5 nitrogen and oxygen atoms in total. The number of thiocarbonyl (C=S) groups is 1.